The lowest BCUT2D eigenvalue weighted by molar-refractivity contribution is -0.0428. The van der Waals surface area contributed by atoms with Gasteiger partial charge in [-0.1, -0.05) is 0 Å². The summed E-state index contributed by atoms with van der Waals surface area (Å²) in [5.74, 6) is 0. The van der Waals surface area contributed by atoms with Crippen molar-refractivity contribution in [2.45, 2.75) is 17.6 Å². The van der Waals surface area contributed by atoms with Gasteiger partial charge in [0.1, 0.15) is 0 Å². The maximum Gasteiger partial charge on any atom is 0.260 e. The number of aliphatic hydroxyl groups is 1. The van der Waals surface area contributed by atoms with Gasteiger partial charge < -0.3 is 5.11 Å². The molecular formula is C8H13N3O3S. The minimum Gasteiger partial charge on any atom is -0.387 e. The van der Waals surface area contributed by atoms with Crippen LogP contribution in [0.15, 0.2) is 17.3 Å². The highest BCUT2D eigenvalue weighted by molar-refractivity contribution is 7.89. The van der Waals surface area contributed by atoms with Gasteiger partial charge in [-0.2, -0.15) is 9.40 Å². The van der Waals surface area contributed by atoms with Gasteiger partial charge in [-0.15, -0.1) is 0 Å². The van der Waals surface area contributed by atoms with Gasteiger partial charge in [-0.3, -0.25) is 4.68 Å². The van der Waals surface area contributed by atoms with Gasteiger partial charge in [-0.05, 0) is 13.0 Å². The summed E-state index contributed by atoms with van der Waals surface area (Å²) in [6.45, 7) is 1.89. The van der Waals surface area contributed by atoms with E-state index >= 15 is 0 Å². The van der Waals surface area contributed by atoms with E-state index < -0.39 is 15.6 Å². The highest BCUT2D eigenvalue weighted by Crippen LogP contribution is 2.26. The van der Waals surface area contributed by atoms with Crippen LogP contribution < -0.4 is 0 Å². The number of β-amino-alcohol motifs (C(OH)–C–C–N with tert-alkyl or cyclic N) is 1. The summed E-state index contributed by atoms with van der Waals surface area (Å²) >= 11 is 0. The molecule has 0 atom stereocenters. The molecule has 1 aliphatic rings. The van der Waals surface area contributed by atoms with Crippen molar-refractivity contribution in [2.75, 3.05) is 13.1 Å². The fourth-order valence-electron chi connectivity index (χ4n) is 1.63. The van der Waals surface area contributed by atoms with Crippen LogP contribution in [0.3, 0.4) is 0 Å². The maximum absolute atomic E-state index is 11.9. The smallest absolute Gasteiger partial charge is 0.260 e. The first kappa shape index (κ1) is 10.6. The van der Waals surface area contributed by atoms with E-state index in [4.69, 9.17) is 0 Å². The second-order valence-electron chi connectivity index (χ2n) is 4.06. The van der Waals surface area contributed by atoms with Crippen molar-refractivity contribution in [2.24, 2.45) is 7.05 Å². The Morgan fingerprint density at radius 1 is 1.53 bits per heavy atom. The number of rotatable bonds is 2. The average molecular weight is 231 g/mol. The Morgan fingerprint density at radius 2 is 2.13 bits per heavy atom. The van der Waals surface area contributed by atoms with E-state index in [1.807, 2.05) is 0 Å². The molecule has 0 aliphatic carbocycles. The molecule has 15 heavy (non-hydrogen) atoms. The lowest BCUT2D eigenvalue weighted by atomic mass is 10.0. The van der Waals surface area contributed by atoms with Gasteiger partial charge in [-0.25, -0.2) is 8.42 Å². The largest absolute Gasteiger partial charge is 0.387 e. The van der Waals surface area contributed by atoms with Crippen molar-refractivity contribution in [3.8, 4) is 0 Å². The number of hydrogen-bond acceptors (Lipinski definition) is 4. The second kappa shape index (κ2) is 3.03. The summed E-state index contributed by atoms with van der Waals surface area (Å²) in [5.41, 5.74) is -0.897. The van der Waals surface area contributed by atoms with Gasteiger partial charge in [0.25, 0.3) is 10.0 Å². The van der Waals surface area contributed by atoms with E-state index in [1.54, 1.807) is 14.0 Å². The van der Waals surface area contributed by atoms with Crippen molar-refractivity contribution in [1.82, 2.24) is 14.1 Å². The molecule has 1 aromatic heterocycles. The molecule has 0 radical (unpaired) electrons. The predicted molar refractivity (Wildman–Crippen MR) is 52.6 cm³/mol. The third-order valence-electron chi connectivity index (χ3n) is 2.41. The Morgan fingerprint density at radius 3 is 2.53 bits per heavy atom. The molecule has 0 amide bonds. The van der Waals surface area contributed by atoms with Crippen molar-refractivity contribution in [1.29, 1.82) is 0 Å². The molecule has 0 aromatic carbocycles. The molecule has 7 heteroatoms. The van der Waals surface area contributed by atoms with Crippen molar-refractivity contribution in [3.05, 3.63) is 12.3 Å². The number of nitrogens with zero attached hydrogens (tertiary/aromatic N) is 3. The molecular weight excluding hydrogens is 218 g/mol. The monoisotopic (exact) mass is 231 g/mol. The summed E-state index contributed by atoms with van der Waals surface area (Å²) in [4.78, 5) is 0. The third-order valence-corrected chi connectivity index (χ3v) is 4.28. The van der Waals surface area contributed by atoms with Crippen LogP contribution in [0.25, 0.3) is 0 Å². The molecule has 1 aliphatic heterocycles. The van der Waals surface area contributed by atoms with Gasteiger partial charge in [0.15, 0.2) is 5.03 Å². The van der Waals surface area contributed by atoms with Crippen LogP contribution in [0, 0.1) is 0 Å². The molecule has 0 unspecified atom stereocenters. The first-order valence-electron chi connectivity index (χ1n) is 4.53. The van der Waals surface area contributed by atoms with Crippen LogP contribution in [-0.4, -0.2) is 46.3 Å². The van der Waals surface area contributed by atoms with E-state index in [0.29, 0.717) is 0 Å². The Labute approximate surface area is 88.2 Å². The summed E-state index contributed by atoms with van der Waals surface area (Å²) in [7, 11) is -1.91. The Hall–Kier alpha value is -0.920. The van der Waals surface area contributed by atoms with Crippen molar-refractivity contribution < 1.29 is 13.5 Å². The highest BCUT2D eigenvalue weighted by atomic mass is 32.2. The minimum absolute atomic E-state index is 0.139. The Balaban J connectivity index is 2.27. The summed E-state index contributed by atoms with van der Waals surface area (Å²) in [5, 5.41) is 13.4. The molecule has 84 valence electrons. The Kier molecular flexibility index (Phi) is 2.14. The fourth-order valence-corrected chi connectivity index (χ4v) is 3.41. The zero-order valence-electron chi connectivity index (χ0n) is 8.58. The SMILES string of the molecule is Cn1nccc1S(=O)(=O)N1CC(C)(O)C1. The molecule has 2 rings (SSSR count). The van der Waals surface area contributed by atoms with Crippen molar-refractivity contribution in [3.63, 3.8) is 0 Å². The predicted octanol–water partition coefficient (Wildman–Crippen LogP) is -0.825. The van der Waals surface area contributed by atoms with Gasteiger partial charge >= 0.3 is 0 Å². The van der Waals surface area contributed by atoms with E-state index in [1.165, 1.54) is 21.3 Å². The van der Waals surface area contributed by atoms with Crippen LogP contribution >= 0.6 is 0 Å². The standard InChI is InChI=1S/C8H13N3O3S/c1-8(12)5-11(6-8)15(13,14)7-3-4-9-10(7)2/h3-4,12H,5-6H2,1-2H3. The molecule has 1 saturated heterocycles. The molecule has 2 heterocycles. The lowest BCUT2D eigenvalue weighted by Crippen LogP contribution is -2.61. The van der Waals surface area contributed by atoms with E-state index in [9.17, 15) is 13.5 Å². The molecule has 1 aromatic rings. The Bertz CT molecular complexity index is 469. The van der Waals surface area contributed by atoms with Crippen LogP contribution in [0.1, 0.15) is 6.92 Å². The second-order valence-corrected chi connectivity index (χ2v) is 5.95. The zero-order valence-corrected chi connectivity index (χ0v) is 9.40. The number of aryl methyl sites for hydroxylation is 1. The molecule has 1 N–H and O–H groups in total. The summed E-state index contributed by atoms with van der Waals surface area (Å²) in [6.07, 6.45) is 1.44. The summed E-state index contributed by atoms with van der Waals surface area (Å²) < 4.78 is 26.4. The first-order chi connectivity index (χ1) is 6.83. The van der Waals surface area contributed by atoms with Crippen LogP contribution in [0.4, 0.5) is 0 Å². The molecule has 0 spiro atoms. The molecule has 0 bridgehead atoms. The molecule has 6 nitrogen and oxygen atoms in total. The highest BCUT2D eigenvalue weighted by Gasteiger charge is 2.44. The van der Waals surface area contributed by atoms with Crippen LogP contribution in [-0.2, 0) is 17.1 Å². The third kappa shape index (κ3) is 1.66. The summed E-state index contributed by atoms with van der Waals surface area (Å²) in [6, 6.07) is 1.45. The number of sulfonamides is 1. The van der Waals surface area contributed by atoms with E-state index in [2.05, 4.69) is 5.10 Å². The van der Waals surface area contributed by atoms with Gasteiger partial charge in [0, 0.05) is 20.1 Å². The number of aromatic nitrogens is 2. The average Bonchev–Trinajstić information content (AvgIpc) is 2.47. The van der Waals surface area contributed by atoms with Crippen LogP contribution in [0.5, 0.6) is 0 Å². The minimum atomic E-state index is -3.49. The van der Waals surface area contributed by atoms with Crippen LogP contribution in [0.2, 0.25) is 0 Å². The maximum atomic E-state index is 11.9. The van der Waals surface area contributed by atoms with E-state index in [0.717, 1.165) is 0 Å². The zero-order chi connectivity index (χ0) is 11.3. The lowest BCUT2D eigenvalue weighted by Gasteiger charge is -2.42. The molecule has 1 fully saturated rings. The van der Waals surface area contributed by atoms with Crippen molar-refractivity contribution >= 4 is 10.0 Å². The van der Waals surface area contributed by atoms with E-state index in [-0.39, 0.29) is 18.1 Å². The molecule has 0 saturated carbocycles. The van der Waals surface area contributed by atoms with Gasteiger partial charge in [0.05, 0.1) is 11.8 Å². The first-order valence-corrected chi connectivity index (χ1v) is 5.97. The quantitative estimate of drug-likeness (QED) is 0.721. The topological polar surface area (TPSA) is 75.4 Å². The normalized spacial score (nSPS) is 21.3. The fraction of sp³-hybridized carbons (Fsp3) is 0.625. The van der Waals surface area contributed by atoms with Gasteiger partial charge in [0.2, 0.25) is 0 Å². The number of hydrogen-bond donors (Lipinski definition) is 1.